The van der Waals surface area contributed by atoms with Crippen LogP contribution in [-0.2, 0) is 4.74 Å². The minimum absolute atomic E-state index is 0.170. The summed E-state index contributed by atoms with van der Waals surface area (Å²) in [5.74, 6) is -0.249. The zero-order chi connectivity index (χ0) is 19.1. The number of fused-ring (bicyclic) bond motifs is 3. The summed E-state index contributed by atoms with van der Waals surface area (Å²) in [7, 11) is 0. The van der Waals surface area contributed by atoms with Crippen molar-refractivity contribution in [3.05, 3.63) is 70.8 Å². The van der Waals surface area contributed by atoms with Gasteiger partial charge in [-0.05, 0) is 24.3 Å². The van der Waals surface area contributed by atoms with Gasteiger partial charge in [0.25, 0.3) is 11.5 Å². The van der Waals surface area contributed by atoms with Crippen molar-refractivity contribution in [1.29, 1.82) is 0 Å². The quantitative estimate of drug-likeness (QED) is 0.530. The molecule has 4 aromatic rings. The van der Waals surface area contributed by atoms with Crippen LogP contribution in [0.25, 0.3) is 22.4 Å². The Kier molecular flexibility index (Phi) is 3.91. The molecule has 0 aliphatic carbocycles. The van der Waals surface area contributed by atoms with Crippen molar-refractivity contribution in [2.75, 3.05) is 26.3 Å². The van der Waals surface area contributed by atoms with Gasteiger partial charge in [0, 0.05) is 19.3 Å². The molecular weight excluding hydrogens is 358 g/mol. The number of hydrogen-bond acceptors (Lipinski definition) is 5. The lowest BCUT2D eigenvalue weighted by molar-refractivity contribution is 0.0299. The summed E-state index contributed by atoms with van der Waals surface area (Å²) in [4.78, 5) is 32.7. The number of para-hydroxylation sites is 1. The van der Waals surface area contributed by atoms with Gasteiger partial charge < -0.3 is 9.64 Å². The second-order valence-electron chi connectivity index (χ2n) is 6.54. The van der Waals surface area contributed by atoms with Gasteiger partial charge in [0.15, 0.2) is 5.69 Å². The molecule has 1 saturated heterocycles. The van der Waals surface area contributed by atoms with Gasteiger partial charge in [-0.25, -0.2) is 4.98 Å². The highest BCUT2D eigenvalue weighted by Gasteiger charge is 2.26. The largest absolute Gasteiger partial charge is 0.378 e. The Morgan fingerprint density at radius 2 is 1.75 bits per heavy atom. The molecule has 0 saturated carbocycles. The molecule has 0 atom stereocenters. The maximum Gasteiger partial charge on any atom is 0.298 e. The van der Waals surface area contributed by atoms with Crippen LogP contribution >= 0.6 is 0 Å². The Hall–Kier alpha value is -3.52. The summed E-state index contributed by atoms with van der Waals surface area (Å²) in [6.07, 6.45) is 1.77. The number of nitrogens with zero attached hydrogens (tertiary/aromatic N) is 5. The third kappa shape index (κ3) is 2.57. The van der Waals surface area contributed by atoms with Crippen molar-refractivity contribution in [2.45, 2.75) is 0 Å². The van der Waals surface area contributed by atoms with E-state index >= 15 is 0 Å². The molecule has 0 N–H and O–H groups in total. The molecule has 0 bridgehead atoms. The molecule has 8 heteroatoms. The molecule has 1 aromatic carbocycles. The molecule has 5 rings (SSSR count). The number of benzene rings is 1. The molecule has 8 nitrogen and oxygen atoms in total. The lowest BCUT2D eigenvalue weighted by Crippen LogP contribution is -2.42. The van der Waals surface area contributed by atoms with Crippen LogP contribution in [0.1, 0.15) is 10.5 Å². The van der Waals surface area contributed by atoms with E-state index in [-0.39, 0.29) is 17.2 Å². The molecule has 1 aliphatic heterocycles. The van der Waals surface area contributed by atoms with Gasteiger partial charge in [0.1, 0.15) is 16.7 Å². The predicted octanol–water partition coefficient (Wildman–Crippen LogP) is 1.51. The first-order valence-electron chi connectivity index (χ1n) is 9.06. The van der Waals surface area contributed by atoms with Crippen LogP contribution in [0.15, 0.2) is 59.5 Å². The fraction of sp³-hybridized carbons (Fsp3) is 0.200. The standard InChI is InChI=1S/C20H17N5O3/c26-19(23-10-12-28-13-11-23)17-16-18(24-9-5-4-8-15(24)21-16)20(27)25(22-17)14-6-2-1-3-7-14/h1-9H,10-13H2. The summed E-state index contributed by atoms with van der Waals surface area (Å²) in [5, 5.41) is 4.44. The minimum Gasteiger partial charge on any atom is -0.378 e. The molecule has 0 spiro atoms. The molecule has 1 amide bonds. The fourth-order valence-corrected chi connectivity index (χ4v) is 3.46. The molecule has 3 aromatic heterocycles. The Balaban J connectivity index is 1.82. The minimum atomic E-state index is -0.321. The predicted molar refractivity (Wildman–Crippen MR) is 103 cm³/mol. The van der Waals surface area contributed by atoms with E-state index in [1.54, 1.807) is 33.7 Å². The lowest BCUT2D eigenvalue weighted by atomic mass is 10.2. The van der Waals surface area contributed by atoms with Gasteiger partial charge >= 0.3 is 0 Å². The van der Waals surface area contributed by atoms with Crippen LogP contribution < -0.4 is 5.56 Å². The number of pyridine rings is 1. The number of aromatic nitrogens is 4. The number of morpholine rings is 1. The lowest BCUT2D eigenvalue weighted by Gasteiger charge is -2.26. The van der Waals surface area contributed by atoms with E-state index < -0.39 is 0 Å². The summed E-state index contributed by atoms with van der Waals surface area (Å²) < 4.78 is 8.32. The zero-order valence-electron chi connectivity index (χ0n) is 15.0. The van der Waals surface area contributed by atoms with E-state index in [9.17, 15) is 9.59 Å². The number of hydrogen-bond donors (Lipinski definition) is 0. The molecular formula is C20H17N5O3. The van der Waals surface area contributed by atoms with Crippen LogP contribution in [0.5, 0.6) is 0 Å². The molecule has 1 aliphatic rings. The van der Waals surface area contributed by atoms with E-state index in [1.807, 2.05) is 30.3 Å². The number of carbonyl (C=O) groups is 1. The maximum absolute atomic E-state index is 13.2. The van der Waals surface area contributed by atoms with Gasteiger partial charge in [-0.15, -0.1) is 0 Å². The van der Waals surface area contributed by atoms with Gasteiger partial charge in [-0.3, -0.25) is 14.0 Å². The van der Waals surface area contributed by atoms with Crippen molar-refractivity contribution in [3.63, 3.8) is 0 Å². The average Bonchev–Trinajstić information content (AvgIpc) is 3.15. The summed E-state index contributed by atoms with van der Waals surface area (Å²) in [6.45, 7) is 1.94. The normalized spacial score (nSPS) is 14.6. The van der Waals surface area contributed by atoms with E-state index in [0.717, 1.165) is 0 Å². The zero-order valence-corrected chi connectivity index (χ0v) is 15.0. The Bertz CT molecular complexity index is 1240. The average molecular weight is 375 g/mol. The molecule has 0 unspecified atom stereocenters. The van der Waals surface area contributed by atoms with Gasteiger partial charge in [-0.2, -0.15) is 9.78 Å². The van der Waals surface area contributed by atoms with Crippen LogP contribution in [0, 0.1) is 0 Å². The highest BCUT2D eigenvalue weighted by Crippen LogP contribution is 2.19. The van der Waals surface area contributed by atoms with E-state index in [1.165, 1.54) is 4.68 Å². The second-order valence-corrected chi connectivity index (χ2v) is 6.54. The van der Waals surface area contributed by atoms with Crippen LogP contribution in [0.3, 0.4) is 0 Å². The SMILES string of the molecule is O=C(c1nn(-c2ccccc2)c(=O)c2c1nc1ccccn12)N1CCOCC1. The first-order chi connectivity index (χ1) is 13.7. The molecule has 1 fully saturated rings. The van der Waals surface area contributed by atoms with E-state index in [0.29, 0.717) is 48.7 Å². The first-order valence-corrected chi connectivity index (χ1v) is 9.06. The Labute approximate surface area is 159 Å². The Morgan fingerprint density at radius 3 is 2.54 bits per heavy atom. The molecule has 28 heavy (non-hydrogen) atoms. The number of amides is 1. The molecule has 4 heterocycles. The van der Waals surface area contributed by atoms with Gasteiger partial charge in [0.05, 0.1) is 18.9 Å². The number of imidazole rings is 1. The summed E-state index contributed by atoms with van der Waals surface area (Å²) >= 11 is 0. The fourth-order valence-electron chi connectivity index (χ4n) is 3.46. The van der Waals surface area contributed by atoms with Crippen LogP contribution in [0.4, 0.5) is 0 Å². The van der Waals surface area contributed by atoms with Gasteiger partial charge in [-0.1, -0.05) is 24.3 Å². The van der Waals surface area contributed by atoms with Crippen LogP contribution in [0.2, 0.25) is 0 Å². The topological polar surface area (TPSA) is 81.7 Å². The summed E-state index contributed by atoms with van der Waals surface area (Å²) in [6, 6.07) is 14.5. The second kappa shape index (κ2) is 6.58. The van der Waals surface area contributed by atoms with Crippen molar-refractivity contribution in [1.82, 2.24) is 24.1 Å². The summed E-state index contributed by atoms with van der Waals surface area (Å²) in [5.41, 5.74) is 1.70. The highest BCUT2D eigenvalue weighted by atomic mass is 16.5. The van der Waals surface area contributed by atoms with Crippen molar-refractivity contribution in [3.8, 4) is 5.69 Å². The third-order valence-electron chi connectivity index (χ3n) is 4.85. The van der Waals surface area contributed by atoms with E-state index in [4.69, 9.17) is 4.74 Å². The van der Waals surface area contributed by atoms with Crippen molar-refractivity contribution < 1.29 is 9.53 Å². The number of ether oxygens (including phenoxy) is 1. The number of carbonyl (C=O) groups excluding carboxylic acids is 1. The first kappa shape index (κ1) is 16.6. The Morgan fingerprint density at radius 1 is 1.00 bits per heavy atom. The van der Waals surface area contributed by atoms with Gasteiger partial charge in [0.2, 0.25) is 0 Å². The van der Waals surface area contributed by atoms with Crippen LogP contribution in [-0.4, -0.2) is 56.3 Å². The molecule has 0 radical (unpaired) electrons. The monoisotopic (exact) mass is 375 g/mol. The maximum atomic E-state index is 13.2. The third-order valence-corrected chi connectivity index (χ3v) is 4.85. The smallest absolute Gasteiger partial charge is 0.298 e. The number of rotatable bonds is 2. The molecule has 140 valence electrons. The van der Waals surface area contributed by atoms with E-state index in [2.05, 4.69) is 10.1 Å². The van der Waals surface area contributed by atoms with Crippen molar-refractivity contribution in [2.24, 2.45) is 0 Å². The van der Waals surface area contributed by atoms with Crippen molar-refractivity contribution >= 4 is 22.6 Å². The highest BCUT2D eigenvalue weighted by molar-refractivity contribution is 6.03.